The summed E-state index contributed by atoms with van der Waals surface area (Å²) in [5.74, 6) is -0.497. The third kappa shape index (κ3) is 7.09. The van der Waals surface area contributed by atoms with Crippen molar-refractivity contribution in [2.45, 2.75) is 13.5 Å². The highest BCUT2D eigenvalue weighted by Crippen LogP contribution is 2.19. The Morgan fingerprint density at radius 2 is 1.77 bits per heavy atom. The van der Waals surface area contributed by atoms with Gasteiger partial charge in [0.2, 0.25) is 5.91 Å². The Bertz CT molecular complexity index is 1180. The zero-order valence-corrected chi connectivity index (χ0v) is 20.2. The van der Waals surface area contributed by atoms with Gasteiger partial charge in [-0.05, 0) is 67.1 Å². The Kier molecular flexibility index (Phi) is 8.03. The fourth-order valence-corrected chi connectivity index (χ4v) is 3.88. The Balaban J connectivity index is 1.35. The van der Waals surface area contributed by atoms with E-state index < -0.39 is 0 Å². The van der Waals surface area contributed by atoms with Crippen LogP contribution in [0.2, 0.25) is 0 Å². The van der Waals surface area contributed by atoms with E-state index in [4.69, 9.17) is 0 Å². The van der Waals surface area contributed by atoms with Crippen molar-refractivity contribution in [1.82, 2.24) is 14.8 Å². The first-order chi connectivity index (χ1) is 17.0. The van der Waals surface area contributed by atoms with Crippen LogP contribution < -0.4 is 10.6 Å². The molecule has 2 amide bonds. The average Bonchev–Trinajstić information content (AvgIpc) is 2.87. The predicted molar refractivity (Wildman–Crippen MR) is 140 cm³/mol. The van der Waals surface area contributed by atoms with Crippen LogP contribution in [0.4, 0.5) is 11.4 Å². The summed E-state index contributed by atoms with van der Waals surface area (Å²) in [6.07, 6.45) is 6.51. The number of likely N-dealkylation sites (N-methyl/N-ethyl adjacent to an activating group) is 1. The monoisotopic (exact) mass is 469 g/mol. The number of piperazine rings is 1. The maximum absolute atomic E-state index is 12.8. The van der Waals surface area contributed by atoms with Crippen LogP contribution in [0.1, 0.15) is 27.0 Å². The van der Waals surface area contributed by atoms with Crippen molar-refractivity contribution in [3.63, 3.8) is 0 Å². The van der Waals surface area contributed by atoms with Crippen LogP contribution in [0, 0.1) is 6.92 Å². The van der Waals surface area contributed by atoms with Crippen molar-refractivity contribution in [2.75, 3.05) is 43.9 Å². The number of nitrogens with one attached hydrogen (secondary N) is 2. The quantitative estimate of drug-likeness (QED) is 0.511. The normalized spacial score (nSPS) is 14.7. The molecular weight excluding hydrogens is 438 g/mol. The molecule has 1 aliphatic heterocycles. The lowest BCUT2D eigenvalue weighted by atomic mass is 10.1. The second-order valence-electron chi connectivity index (χ2n) is 8.87. The van der Waals surface area contributed by atoms with Crippen LogP contribution in [0.25, 0.3) is 6.08 Å². The zero-order valence-electron chi connectivity index (χ0n) is 20.2. The van der Waals surface area contributed by atoms with E-state index in [1.807, 2.05) is 37.3 Å². The number of aryl methyl sites for hydroxylation is 1. The van der Waals surface area contributed by atoms with E-state index in [-0.39, 0.29) is 11.8 Å². The third-order valence-electron chi connectivity index (χ3n) is 6.08. The molecule has 35 heavy (non-hydrogen) atoms. The summed E-state index contributed by atoms with van der Waals surface area (Å²) >= 11 is 0. The van der Waals surface area contributed by atoms with E-state index >= 15 is 0 Å². The van der Waals surface area contributed by atoms with Gasteiger partial charge in [0.05, 0.1) is 0 Å². The molecule has 2 heterocycles. The first kappa shape index (κ1) is 24.3. The average molecular weight is 470 g/mol. The van der Waals surface area contributed by atoms with Crippen molar-refractivity contribution in [2.24, 2.45) is 0 Å². The van der Waals surface area contributed by atoms with E-state index in [1.54, 1.807) is 30.6 Å². The van der Waals surface area contributed by atoms with Crippen molar-refractivity contribution >= 4 is 29.3 Å². The molecule has 0 atom stereocenters. The first-order valence-electron chi connectivity index (χ1n) is 11.8. The van der Waals surface area contributed by atoms with Gasteiger partial charge in [0.15, 0.2) is 0 Å². The number of anilines is 2. The number of pyridine rings is 1. The molecule has 180 valence electrons. The Morgan fingerprint density at radius 3 is 2.49 bits per heavy atom. The molecular formula is C28H31N5O2. The highest BCUT2D eigenvalue weighted by Gasteiger charge is 2.14. The maximum Gasteiger partial charge on any atom is 0.255 e. The van der Waals surface area contributed by atoms with Crippen molar-refractivity contribution < 1.29 is 9.59 Å². The highest BCUT2D eigenvalue weighted by molar-refractivity contribution is 6.07. The van der Waals surface area contributed by atoms with Crippen molar-refractivity contribution in [3.05, 3.63) is 95.3 Å². The number of nitrogens with zero attached hydrogens (tertiary/aromatic N) is 3. The predicted octanol–water partition coefficient (Wildman–Crippen LogP) is 4.04. The number of amides is 2. The van der Waals surface area contributed by atoms with Gasteiger partial charge in [-0.25, -0.2) is 0 Å². The number of hydrogen-bond donors (Lipinski definition) is 2. The molecule has 0 saturated carbocycles. The minimum atomic E-state index is -0.273. The minimum absolute atomic E-state index is 0.224. The summed E-state index contributed by atoms with van der Waals surface area (Å²) in [6.45, 7) is 7.13. The van der Waals surface area contributed by atoms with Crippen LogP contribution in [0.5, 0.6) is 0 Å². The molecule has 2 aromatic carbocycles. The lowest BCUT2D eigenvalue weighted by Gasteiger charge is -2.32. The third-order valence-corrected chi connectivity index (χ3v) is 6.08. The van der Waals surface area contributed by atoms with E-state index in [2.05, 4.69) is 44.6 Å². The van der Waals surface area contributed by atoms with Gasteiger partial charge < -0.3 is 15.5 Å². The number of carbonyl (C=O) groups excluding carboxylic acids is 2. The lowest BCUT2D eigenvalue weighted by Crippen LogP contribution is -2.43. The summed E-state index contributed by atoms with van der Waals surface area (Å²) in [5, 5.41) is 5.80. The van der Waals surface area contributed by atoms with Gasteiger partial charge in [0.25, 0.3) is 5.91 Å². The van der Waals surface area contributed by atoms with Gasteiger partial charge in [0, 0.05) is 68.1 Å². The van der Waals surface area contributed by atoms with Gasteiger partial charge >= 0.3 is 0 Å². The Labute approximate surface area is 206 Å². The second kappa shape index (κ2) is 11.6. The SMILES string of the molecule is Cc1ccc(C(=O)Nc2ccc(CN3CCN(C)CC3)cc2)cc1NC(=O)/C=C/c1cccnc1. The van der Waals surface area contributed by atoms with Crippen LogP contribution in [0.15, 0.2) is 73.1 Å². The molecule has 0 unspecified atom stereocenters. The molecule has 0 radical (unpaired) electrons. The summed E-state index contributed by atoms with van der Waals surface area (Å²) < 4.78 is 0. The Morgan fingerprint density at radius 1 is 1.00 bits per heavy atom. The topological polar surface area (TPSA) is 77.6 Å². The molecule has 1 fully saturated rings. The molecule has 1 aliphatic rings. The molecule has 3 aromatic rings. The second-order valence-corrected chi connectivity index (χ2v) is 8.87. The fourth-order valence-electron chi connectivity index (χ4n) is 3.88. The van der Waals surface area contributed by atoms with Crippen molar-refractivity contribution in [1.29, 1.82) is 0 Å². The highest BCUT2D eigenvalue weighted by atomic mass is 16.2. The molecule has 1 saturated heterocycles. The van der Waals surface area contributed by atoms with Gasteiger partial charge in [-0.15, -0.1) is 0 Å². The maximum atomic E-state index is 12.8. The first-order valence-corrected chi connectivity index (χ1v) is 11.8. The number of benzene rings is 2. The standard InChI is InChI=1S/C28H31N5O2/c1-21-5-9-24(18-26(21)31-27(34)12-8-22-4-3-13-29-19-22)28(35)30-25-10-6-23(7-11-25)20-33-16-14-32(2)15-17-33/h3-13,18-19H,14-17,20H2,1-2H3,(H,30,35)(H,31,34)/b12-8+. The molecule has 7 heteroatoms. The lowest BCUT2D eigenvalue weighted by molar-refractivity contribution is -0.111. The number of hydrogen-bond acceptors (Lipinski definition) is 5. The van der Waals surface area contributed by atoms with Crippen LogP contribution in [-0.4, -0.2) is 59.8 Å². The van der Waals surface area contributed by atoms with Crippen molar-refractivity contribution in [3.8, 4) is 0 Å². The molecule has 0 spiro atoms. The number of rotatable bonds is 7. The van der Waals surface area contributed by atoms with Gasteiger partial charge in [0.1, 0.15) is 0 Å². The van der Waals surface area contributed by atoms with E-state index in [1.165, 1.54) is 11.6 Å². The van der Waals surface area contributed by atoms with Gasteiger partial charge in [-0.1, -0.05) is 24.3 Å². The van der Waals surface area contributed by atoms with Crippen LogP contribution in [-0.2, 0) is 11.3 Å². The molecule has 2 N–H and O–H groups in total. The summed E-state index contributed by atoms with van der Waals surface area (Å²) in [5.41, 5.74) is 4.75. The summed E-state index contributed by atoms with van der Waals surface area (Å²) in [7, 11) is 2.15. The van der Waals surface area contributed by atoms with E-state index in [0.29, 0.717) is 11.3 Å². The molecule has 7 nitrogen and oxygen atoms in total. The van der Waals surface area contributed by atoms with Gasteiger partial charge in [-0.2, -0.15) is 0 Å². The zero-order chi connectivity index (χ0) is 24.6. The van der Waals surface area contributed by atoms with E-state index in [9.17, 15) is 9.59 Å². The van der Waals surface area contributed by atoms with E-state index in [0.717, 1.165) is 49.5 Å². The number of aromatic nitrogens is 1. The van der Waals surface area contributed by atoms with Gasteiger partial charge in [-0.3, -0.25) is 19.5 Å². The summed E-state index contributed by atoms with van der Waals surface area (Å²) in [6, 6.07) is 16.9. The summed E-state index contributed by atoms with van der Waals surface area (Å²) in [4.78, 5) is 34.0. The largest absolute Gasteiger partial charge is 0.322 e. The molecule has 0 aliphatic carbocycles. The molecule has 0 bridgehead atoms. The molecule has 4 rings (SSSR count). The fraction of sp³-hybridized carbons (Fsp3) is 0.250. The molecule has 1 aromatic heterocycles. The smallest absolute Gasteiger partial charge is 0.255 e. The van der Waals surface area contributed by atoms with Crippen LogP contribution >= 0.6 is 0 Å². The number of carbonyl (C=O) groups is 2. The van der Waals surface area contributed by atoms with Crippen LogP contribution in [0.3, 0.4) is 0 Å². The minimum Gasteiger partial charge on any atom is -0.322 e. The Hall–Kier alpha value is -3.81.